The van der Waals surface area contributed by atoms with E-state index in [4.69, 9.17) is 4.74 Å². The van der Waals surface area contributed by atoms with Crippen molar-refractivity contribution >= 4 is 0 Å². The van der Waals surface area contributed by atoms with Gasteiger partial charge in [-0.3, -0.25) is 0 Å². The third-order valence-corrected chi connectivity index (χ3v) is 3.29. The van der Waals surface area contributed by atoms with E-state index >= 15 is 0 Å². The molecule has 0 bridgehead atoms. The molecule has 0 amide bonds. The second-order valence-corrected chi connectivity index (χ2v) is 5.00. The molecule has 19 heavy (non-hydrogen) atoms. The van der Waals surface area contributed by atoms with Gasteiger partial charge in [0.15, 0.2) is 0 Å². The lowest BCUT2D eigenvalue weighted by molar-refractivity contribution is 0.301. The highest BCUT2D eigenvalue weighted by molar-refractivity contribution is 5.33. The number of rotatable bonds is 11. The molecule has 2 nitrogen and oxygen atoms in total. The van der Waals surface area contributed by atoms with Crippen LogP contribution in [0.25, 0.3) is 0 Å². The van der Waals surface area contributed by atoms with Gasteiger partial charge in [0.2, 0.25) is 0 Å². The van der Waals surface area contributed by atoms with Crippen LogP contribution in [0.1, 0.15) is 57.9 Å². The van der Waals surface area contributed by atoms with Crippen LogP contribution < -0.4 is 10.1 Å². The van der Waals surface area contributed by atoms with Gasteiger partial charge >= 0.3 is 0 Å². The Balaban J connectivity index is 2.21. The van der Waals surface area contributed by atoms with Gasteiger partial charge < -0.3 is 10.1 Å². The van der Waals surface area contributed by atoms with Crippen molar-refractivity contribution in [1.82, 2.24) is 5.32 Å². The van der Waals surface area contributed by atoms with Crippen molar-refractivity contribution in [2.24, 2.45) is 0 Å². The van der Waals surface area contributed by atoms with Crippen LogP contribution in [0.4, 0.5) is 0 Å². The summed E-state index contributed by atoms with van der Waals surface area (Å²) in [5.41, 5.74) is 1.26. The monoisotopic (exact) mass is 263 g/mol. The summed E-state index contributed by atoms with van der Waals surface area (Å²) in [6.45, 7) is 7.11. The molecule has 0 aliphatic heterocycles. The molecular weight excluding hydrogens is 234 g/mol. The van der Waals surface area contributed by atoms with Gasteiger partial charge in [-0.05, 0) is 19.0 Å². The number of nitrogens with one attached hydrogen (secondary N) is 1. The number of unbranched alkanes of at least 4 members (excludes halogenated alkanes) is 5. The number of hydrogen-bond donors (Lipinski definition) is 1. The van der Waals surface area contributed by atoms with Gasteiger partial charge in [-0.25, -0.2) is 0 Å². The van der Waals surface area contributed by atoms with E-state index in [1.807, 2.05) is 6.07 Å². The Morgan fingerprint density at radius 1 is 0.947 bits per heavy atom. The lowest BCUT2D eigenvalue weighted by Crippen LogP contribution is -2.13. The van der Waals surface area contributed by atoms with Gasteiger partial charge in [-0.2, -0.15) is 0 Å². The Kier molecular flexibility index (Phi) is 9.17. The predicted octanol–water partition coefficient (Wildman–Crippen LogP) is 4.54. The SMILES string of the molecule is CCCCCCCCOc1ccccc1CNCC. The zero-order valence-electron chi connectivity index (χ0n) is 12.6. The zero-order valence-corrected chi connectivity index (χ0v) is 12.6. The first-order valence-electron chi connectivity index (χ1n) is 7.80. The van der Waals surface area contributed by atoms with Crippen molar-refractivity contribution in [3.8, 4) is 5.75 Å². The van der Waals surface area contributed by atoms with Crippen molar-refractivity contribution in [1.29, 1.82) is 0 Å². The molecule has 0 spiro atoms. The lowest BCUT2D eigenvalue weighted by Gasteiger charge is -2.11. The Labute approximate surface area is 118 Å². The summed E-state index contributed by atoms with van der Waals surface area (Å²) in [6, 6.07) is 8.33. The number of benzene rings is 1. The maximum Gasteiger partial charge on any atom is 0.123 e. The normalized spacial score (nSPS) is 10.6. The average Bonchev–Trinajstić information content (AvgIpc) is 2.45. The fraction of sp³-hybridized carbons (Fsp3) is 0.647. The van der Waals surface area contributed by atoms with Gasteiger partial charge in [0.05, 0.1) is 6.61 Å². The molecule has 2 heteroatoms. The van der Waals surface area contributed by atoms with Gasteiger partial charge in [0.1, 0.15) is 5.75 Å². The standard InChI is InChI=1S/C17H29NO/c1-3-5-6-7-8-11-14-19-17-13-10-9-12-16(17)15-18-4-2/h9-10,12-13,18H,3-8,11,14-15H2,1-2H3. The van der Waals surface area contributed by atoms with E-state index in [0.29, 0.717) is 0 Å². The lowest BCUT2D eigenvalue weighted by atomic mass is 10.1. The van der Waals surface area contributed by atoms with Crippen LogP contribution in [-0.4, -0.2) is 13.2 Å². The molecule has 0 aliphatic rings. The van der Waals surface area contributed by atoms with Crippen LogP contribution in [0.5, 0.6) is 5.75 Å². The van der Waals surface area contributed by atoms with Crippen LogP contribution in [0.2, 0.25) is 0 Å². The van der Waals surface area contributed by atoms with E-state index < -0.39 is 0 Å². The highest BCUT2D eigenvalue weighted by atomic mass is 16.5. The maximum absolute atomic E-state index is 5.90. The molecule has 0 saturated heterocycles. The van der Waals surface area contributed by atoms with E-state index in [1.165, 1.54) is 44.1 Å². The second-order valence-electron chi connectivity index (χ2n) is 5.00. The van der Waals surface area contributed by atoms with Crippen LogP contribution in [-0.2, 0) is 6.54 Å². The highest BCUT2D eigenvalue weighted by Crippen LogP contribution is 2.18. The van der Waals surface area contributed by atoms with E-state index in [0.717, 1.165) is 25.4 Å². The Bertz CT molecular complexity index is 325. The quantitative estimate of drug-likeness (QED) is 0.592. The molecule has 1 rings (SSSR count). The van der Waals surface area contributed by atoms with Gasteiger partial charge in [0, 0.05) is 12.1 Å². The summed E-state index contributed by atoms with van der Waals surface area (Å²) in [4.78, 5) is 0. The second kappa shape index (κ2) is 10.9. The Morgan fingerprint density at radius 3 is 2.47 bits per heavy atom. The fourth-order valence-electron chi connectivity index (χ4n) is 2.11. The molecule has 108 valence electrons. The minimum Gasteiger partial charge on any atom is -0.493 e. The van der Waals surface area contributed by atoms with Crippen molar-refractivity contribution in [3.63, 3.8) is 0 Å². The molecular formula is C17H29NO. The summed E-state index contributed by atoms with van der Waals surface area (Å²) in [7, 11) is 0. The van der Waals surface area contributed by atoms with Crippen LogP contribution in [0, 0.1) is 0 Å². The summed E-state index contributed by atoms with van der Waals surface area (Å²) in [5, 5.41) is 3.35. The Morgan fingerprint density at radius 2 is 1.68 bits per heavy atom. The predicted molar refractivity (Wildman–Crippen MR) is 82.7 cm³/mol. The van der Waals surface area contributed by atoms with E-state index in [9.17, 15) is 0 Å². The summed E-state index contributed by atoms with van der Waals surface area (Å²) < 4.78 is 5.90. The summed E-state index contributed by atoms with van der Waals surface area (Å²) in [6.07, 6.45) is 7.85. The third-order valence-electron chi connectivity index (χ3n) is 3.29. The molecule has 0 saturated carbocycles. The Hall–Kier alpha value is -1.02. The third kappa shape index (κ3) is 7.22. The van der Waals surface area contributed by atoms with Gasteiger partial charge in [-0.1, -0.05) is 64.2 Å². The molecule has 0 aromatic heterocycles. The molecule has 1 aromatic rings. The largest absolute Gasteiger partial charge is 0.493 e. The van der Waals surface area contributed by atoms with Crippen molar-refractivity contribution in [2.75, 3.05) is 13.2 Å². The first-order valence-corrected chi connectivity index (χ1v) is 7.80. The molecule has 0 aliphatic carbocycles. The molecule has 0 fully saturated rings. The van der Waals surface area contributed by atoms with Crippen molar-refractivity contribution in [3.05, 3.63) is 29.8 Å². The molecule has 0 radical (unpaired) electrons. The number of para-hydroxylation sites is 1. The van der Waals surface area contributed by atoms with Gasteiger partial charge in [0.25, 0.3) is 0 Å². The molecule has 0 atom stereocenters. The zero-order chi connectivity index (χ0) is 13.8. The molecule has 0 unspecified atom stereocenters. The van der Waals surface area contributed by atoms with Crippen LogP contribution >= 0.6 is 0 Å². The highest BCUT2D eigenvalue weighted by Gasteiger charge is 2.01. The minimum absolute atomic E-state index is 0.843. The fourth-order valence-corrected chi connectivity index (χ4v) is 2.11. The van der Waals surface area contributed by atoms with Crippen molar-refractivity contribution < 1.29 is 4.74 Å². The van der Waals surface area contributed by atoms with Crippen LogP contribution in [0.15, 0.2) is 24.3 Å². The molecule has 0 heterocycles. The van der Waals surface area contributed by atoms with Gasteiger partial charge in [-0.15, -0.1) is 0 Å². The van der Waals surface area contributed by atoms with Crippen LogP contribution in [0.3, 0.4) is 0 Å². The van der Waals surface area contributed by atoms with Crippen molar-refractivity contribution in [2.45, 2.75) is 58.9 Å². The van der Waals surface area contributed by atoms with E-state index in [-0.39, 0.29) is 0 Å². The first kappa shape index (κ1) is 16.0. The maximum atomic E-state index is 5.90. The molecule has 1 N–H and O–H groups in total. The number of ether oxygens (including phenoxy) is 1. The number of hydrogen-bond acceptors (Lipinski definition) is 2. The summed E-state index contributed by atoms with van der Waals surface area (Å²) >= 11 is 0. The average molecular weight is 263 g/mol. The topological polar surface area (TPSA) is 21.3 Å². The first-order chi connectivity index (χ1) is 9.38. The molecule has 1 aromatic carbocycles. The van der Waals surface area contributed by atoms with E-state index in [2.05, 4.69) is 37.4 Å². The smallest absolute Gasteiger partial charge is 0.123 e. The minimum atomic E-state index is 0.843. The summed E-state index contributed by atoms with van der Waals surface area (Å²) in [5.74, 6) is 1.04. The van der Waals surface area contributed by atoms with E-state index in [1.54, 1.807) is 0 Å².